The molecule has 0 rings (SSSR count). The van der Waals surface area contributed by atoms with Gasteiger partial charge in [-0.2, -0.15) is 0 Å². The molecule has 0 aliphatic heterocycles. The van der Waals surface area contributed by atoms with Gasteiger partial charge in [0.05, 0.1) is 34.4 Å². The quantitative estimate of drug-likeness (QED) is 0.0643. The van der Waals surface area contributed by atoms with E-state index in [-0.39, 0.29) is 24.7 Å². The lowest BCUT2D eigenvalue weighted by molar-refractivity contribution is -0.894. The van der Waals surface area contributed by atoms with Gasteiger partial charge in [0.25, 0.3) is 0 Å². The molecule has 0 saturated heterocycles. The Morgan fingerprint density at radius 2 is 1.11 bits per heavy atom. The first-order chi connectivity index (χ1) is 17.1. The summed E-state index contributed by atoms with van der Waals surface area (Å²) in [5, 5.41) is 0. The van der Waals surface area contributed by atoms with E-state index in [4.69, 9.17) is 18.5 Å². The maximum absolute atomic E-state index is 12.1. The second-order valence-corrected chi connectivity index (χ2v) is 12.7. The first-order valence-corrected chi connectivity index (χ1v) is 16.2. The Hall–Kier alpha value is -0.0500. The van der Waals surface area contributed by atoms with Gasteiger partial charge >= 0.3 is 7.82 Å². The average molecular weight is 556 g/mol. The number of phosphoric ester groups is 1. The number of hydrogen-bond acceptors (Lipinski definition) is 6. The highest BCUT2D eigenvalue weighted by molar-refractivity contribution is 7.47. The third kappa shape index (κ3) is 26.0. The molecule has 0 heterocycles. The van der Waals surface area contributed by atoms with Crippen LogP contribution in [0.15, 0.2) is 0 Å². The van der Waals surface area contributed by atoms with Gasteiger partial charge in [0.2, 0.25) is 0 Å². The van der Waals surface area contributed by atoms with E-state index in [1.807, 2.05) is 28.1 Å². The molecule has 226 valence electrons. The van der Waals surface area contributed by atoms with E-state index in [2.05, 4.69) is 6.92 Å². The van der Waals surface area contributed by atoms with Crippen LogP contribution < -0.4 is 0 Å². The number of rotatable bonds is 27. The molecule has 0 radical (unpaired) electrons. The van der Waals surface area contributed by atoms with Crippen LogP contribution in [-0.4, -0.2) is 81.7 Å². The van der Waals surface area contributed by atoms with E-state index >= 15 is 0 Å². The van der Waals surface area contributed by atoms with E-state index in [1.54, 1.807) is 7.11 Å². The molecule has 8 nitrogen and oxygen atoms in total. The molecule has 0 aliphatic rings. The first kappa shape index (κ1) is 39.1. The summed E-state index contributed by atoms with van der Waals surface area (Å²) >= 11 is 0. The number of ether oxygens (including phenoxy) is 2. The third-order valence-electron chi connectivity index (χ3n) is 7.00. The Labute approximate surface area is 229 Å². The molecule has 0 aromatic carbocycles. The molecule has 0 saturated carbocycles. The van der Waals surface area contributed by atoms with E-state index in [1.165, 1.54) is 96.3 Å². The zero-order valence-electron chi connectivity index (χ0n) is 25.1. The van der Waals surface area contributed by atoms with Crippen molar-refractivity contribution >= 4 is 7.82 Å². The molecule has 0 aliphatic carbocycles. The number of quaternary nitrogens is 1. The van der Waals surface area contributed by atoms with Crippen LogP contribution in [0, 0.1) is 0 Å². The minimum Gasteiger partial charge on any atom is -0.870 e. The lowest BCUT2D eigenvalue weighted by atomic mass is 10.0. The Kier molecular flexibility index (Phi) is 26.4. The topological polar surface area (TPSA) is 104 Å². The Bertz CT molecular complexity index is 531. The van der Waals surface area contributed by atoms with Gasteiger partial charge in [0.1, 0.15) is 18.8 Å². The first-order valence-electron chi connectivity index (χ1n) is 14.7. The smallest absolute Gasteiger partial charge is 0.472 e. The highest BCUT2D eigenvalue weighted by Gasteiger charge is 2.27. The molecular weight excluding hydrogens is 493 g/mol. The summed E-state index contributed by atoms with van der Waals surface area (Å²) in [5.41, 5.74) is 0. The fraction of sp³-hybridized carbons (Fsp3) is 1.00. The lowest BCUT2D eigenvalue weighted by Crippen LogP contribution is -2.45. The summed E-state index contributed by atoms with van der Waals surface area (Å²) in [6.45, 7) is 5.35. The van der Waals surface area contributed by atoms with Crippen LogP contribution in [0.2, 0.25) is 0 Å². The maximum Gasteiger partial charge on any atom is 0.472 e. The van der Waals surface area contributed by atoms with Gasteiger partial charge < -0.3 is 24.3 Å². The zero-order chi connectivity index (χ0) is 27.1. The van der Waals surface area contributed by atoms with Crippen molar-refractivity contribution in [3.8, 4) is 0 Å². The van der Waals surface area contributed by atoms with Crippen LogP contribution in [0.25, 0.3) is 0 Å². The molecule has 0 aromatic heterocycles. The summed E-state index contributed by atoms with van der Waals surface area (Å²) in [4.78, 5) is 9.91. The monoisotopic (exact) mass is 555 g/mol. The lowest BCUT2D eigenvalue weighted by Gasteiger charge is -2.31. The van der Waals surface area contributed by atoms with Gasteiger partial charge in [-0.1, -0.05) is 103 Å². The number of nitrogens with zero attached hydrogens (tertiary/aromatic N) is 1. The third-order valence-corrected chi connectivity index (χ3v) is 7.95. The predicted molar refractivity (Wildman–Crippen MR) is 152 cm³/mol. The van der Waals surface area contributed by atoms with E-state index in [0.29, 0.717) is 17.7 Å². The molecular formula is C28H62NO7P. The minimum absolute atomic E-state index is 0. The molecule has 0 aromatic rings. The number of hydrogen-bond donors (Lipinski definition) is 1. The van der Waals surface area contributed by atoms with Crippen molar-refractivity contribution in [2.24, 2.45) is 0 Å². The van der Waals surface area contributed by atoms with Gasteiger partial charge in [0.15, 0.2) is 0 Å². The molecule has 0 spiro atoms. The molecule has 0 fully saturated rings. The summed E-state index contributed by atoms with van der Waals surface area (Å²) in [6, 6.07) is 0.0651. The number of methoxy groups -OCH3 is 1. The Morgan fingerprint density at radius 1 is 0.703 bits per heavy atom. The van der Waals surface area contributed by atoms with Gasteiger partial charge in [-0.15, -0.1) is 0 Å². The molecule has 2 N–H and O–H groups in total. The van der Waals surface area contributed by atoms with Crippen molar-refractivity contribution in [3.05, 3.63) is 0 Å². The molecule has 9 heteroatoms. The highest BCUT2D eigenvalue weighted by Crippen LogP contribution is 2.43. The van der Waals surface area contributed by atoms with Crippen molar-refractivity contribution < 1.29 is 37.9 Å². The number of unbranched alkanes of at least 4 members (excludes halogenated alkanes) is 15. The van der Waals surface area contributed by atoms with Crippen molar-refractivity contribution in [2.45, 2.75) is 129 Å². The summed E-state index contributed by atoms with van der Waals surface area (Å²) in [6.07, 6.45) is 21.2. The molecule has 0 bridgehead atoms. The van der Waals surface area contributed by atoms with Crippen LogP contribution in [0.5, 0.6) is 0 Å². The second-order valence-electron chi connectivity index (χ2n) is 11.3. The van der Waals surface area contributed by atoms with Gasteiger partial charge in [0, 0.05) is 13.7 Å². The van der Waals surface area contributed by atoms with Crippen molar-refractivity contribution in [1.29, 1.82) is 0 Å². The molecule has 3 atom stereocenters. The summed E-state index contributed by atoms with van der Waals surface area (Å²) < 4.78 is 34.0. The van der Waals surface area contributed by atoms with Gasteiger partial charge in [-0.25, -0.2) is 4.57 Å². The Balaban J connectivity index is 0. The van der Waals surface area contributed by atoms with Crippen molar-refractivity contribution in [2.75, 3.05) is 54.7 Å². The van der Waals surface area contributed by atoms with E-state index in [0.717, 1.165) is 6.42 Å². The SMILES string of the molecule is CCCCCCCCCCCCCCCCCCOCC(COP(=O)(O)OC[C@H](C)[N+](C)(C)C)OC.[OH-]. The number of phosphoric acid groups is 1. The standard InChI is InChI=1S/C28H60NO6P.H2O/c1-7-8-9-10-11-12-13-14-15-16-17-18-19-20-21-22-23-33-25-28(32-6)26-35-36(30,31)34-24-27(2)29(3,4)5;/h27-28H,7-26H2,1-6H3;1H2/t27-,28?;/m0./s1. The van der Waals surface area contributed by atoms with E-state index in [9.17, 15) is 9.46 Å². The zero-order valence-corrected chi connectivity index (χ0v) is 26.0. The fourth-order valence-corrected chi connectivity index (χ4v) is 4.62. The van der Waals surface area contributed by atoms with Crippen molar-refractivity contribution in [1.82, 2.24) is 0 Å². The van der Waals surface area contributed by atoms with E-state index < -0.39 is 13.9 Å². The van der Waals surface area contributed by atoms with Crippen molar-refractivity contribution in [3.63, 3.8) is 0 Å². The molecule has 37 heavy (non-hydrogen) atoms. The second kappa shape index (κ2) is 25.0. The molecule has 0 amide bonds. The van der Waals surface area contributed by atoms with Crippen LogP contribution in [0.4, 0.5) is 0 Å². The minimum atomic E-state index is -4.11. The number of likely N-dealkylation sites (N-methyl/N-ethyl adjacent to an activating group) is 1. The van der Waals surface area contributed by atoms with Crippen LogP contribution in [0.1, 0.15) is 117 Å². The highest BCUT2D eigenvalue weighted by atomic mass is 31.2. The van der Waals surface area contributed by atoms with Crippen LogP contribution in [-0.2, 0) is 23.1 Å². The Morgan fingerprint density at radius 3 is 1.51 bits per heavy atom. The fourth-order valence-electron chi connectivity index (χ4n) is 3.79. The summed E-state index contributed by atoms with van der Waals surface area (Å²) in [5.74, 6) is 0. The summed E-state index contributed by atoms with van der Waals surface area (Å²) in [7, 11) is 3.47. The van der Waals surface area contributed by atoms with Crippen LogP contribution in [0.3, 0.4) is 0 Å². The largest absolute Gasteiger partial charge is 0.870 e. The van der Waals surface area contributed by atoms with Gasteiger partial charge in [-0.3, -0.25) is 9.05 Å². The maximum atomic E-state index is 12.1. The van der Waals surface area contributed by atoms with Gasteiger partial charge in [-0.05, 0) is 13.3 Å². The average Bonchev–Trinajstić information content (AvgIpc) is 2.83. The van der Waals surface area contributed by atoms with Crippen LogP contribution >= 0.6 is 7.82 Å². The predicted octanol–water partition coefficient (Wildman–Crippen LogP) is 7.33. The normalized spacial score (nSPS) is 15.2. The molecule has 2 unspecified atom stereocenters.